The van der Waals surface area contributed by atoms with Gasteiger partial charge in [-0.2, -0.15) is 0 Å². The molecule has 0 atom stereocenters. The first kappa shape index (κ1) is 16.9. The minimum atomic E-state index is -2.41. The van der Waals surface area contributed by atoms with Crippen molar-refractivity contribution in [3.8, 4) is 0 Å². The molecule has 0 N–H and O–H groups in total. The molecule has 110 valence electrons. The third-order valence-electron chi connectivity index (χ3n) is 2.83. The summed E-state index contributed by atoms with van der Waals surface area (Å²) in [6, 6.07) is 5.23. The Hall–Kier alpha value is -0.203. The predicted molar refractivity (Wildman–Crippen MR) is 82.7 cm³/mol. The van der Waals surface area contributed by atoms with Gasteiger partial charge in [-0.15, -0.1) is 11.3 Å². The largest absolute Gasteiger partial charge is 0.500 e. The fourth-order valence-corrected chi connectivity index (χ4v) is 5.53. The van der Waals surface area contributed by atoms with E-state index in [4.69, 9.17) is 13.3 Å². The van der Waals surface area contributed by atoms with E-state index in [1.54, 1.807) is 0 Å². The van der Waals surface area contributed by atoms with Crippen molar-refractivity contribution in [2.45, 2.75) is 46.1 Å². The van der Waals surface area contributed by atoms with Gasteiger partial charge in [-0.1, -0.05) is 6.07 Å². The maximum Gasteiger partial charge on any atom is 0.500 e. The smallest absolute Gasteiger partial charge is 0.374 e. The Bertz CT molecular complexity index is 299. The van der Waals surface area contributed by atoms with Crippen molar-refractivity contribution in [3.05, 3.63) is 22.4 Å². The quantitative estimate of drug-likeness (QED) is 0.454. The van der Waals surface area contributed by atoms with Crippen molar-refractivity contribution in [1.82, 2.24) is 0 Å². The second kappa shape index (κ2) is 9.66. The molecule has 0 spiro atoms. The van der Waals surface area contributed by atoms with Gasteiger partial charge in [0.1, 0.15) is 0 Å². The van der Waals surface area contributed by atoms with Crippen molar-refractivity contribution in [2.24, 2.45) is 0 Å². The third-order valence-corrected chi connectivity index (χ3v) is 6.92. The van der Waals surface area contributed by atoms with E-state index in [0.717, 1.165) is 18.9 Å². The fourth-order valence-electron chi connectivity index (χ4n) is 2.10. The van der Waals surface area contributed by atoms with Gasteiger partial charge in [0.05, 0.1) is 0 Å². The van der Waals surface area contributed by atoms with E-state index in [9.17, 15) is 0 Å². The lowest BCUT2D eigenvalue weighted by atomic mass is 10.2. The molecule has 0 aromatic carbocycles. The summed E-state index contributed by atoms with van der Waals surface area (Å²) in [7, 11) is -2.41. The predicted octanol–water partition coefficient (Wildman–Crippen LogP) is 4.12. The molecule has 1 rings (SSSR count). The molecule has 0 aliphatic rings. The highest BCUT2D eigenvalue weighted by molar-refractivity contribution is 7.09. The summed E-state index contributed by atoms with van der Waals surface area (Å²) in [4.78, 5) is 1.46. The molecule has 0 bridgehead atoms. The molecule has 3 nitrogen and oxygen atoms in total. The molecule has 0 aliphatic heterocycles. The molecule has 5 heteroatoms. The number of thiophene rings is 1. The molecule has 19 heavy (non-hydrogen) atoms. The van der Waals surface area contributed by atoms with Crippen LogP contribution in [0, 0.1) is 0 Å². The first-order chi connectivity index (χ1) is 9.26. The monoisotopic (exact) mass is 302 g/mol. The molecule has 1 aromatic heterocycles. The Balaban J connectivity index is 2.37. The first-order valence-electron chi connectivity index (χ1n) is 7.20. The average molecular weight is 303 g/mol. The Morgan fingerprint density at radius 3 is 2.11 bits per heavy atom. The highest BCUT2D eigenvalue weighted by Gasteiger charge is 2.39. The molecular formula is C14H26O3SSi. The van der Waals surface area contributed by atoms with E-state index >= 15 is 0 Å². The lowest BCUT2D eigenvalue weighted by Gasteiger charge is -2.28. The van der Waals surface area contributed by atoms with E-state index in [-0.39, 0.29) is 0 Å². The molecule has 1 heterocycles. The summed E-state index contributed by atoms with van der Waals surface area (Å²) in [5, 5.41) is 2.13. The summed E-state index contributed by atoms with van der Waals surface area (Å²) in [6.45, 7) is 8.01. The van der Waals surface area contributed by atoms with Gasteiger partial charge >= 0.3 is 8.80 Å². The molecular weight excluding hydrogens is 276 g/mol. The van der Waals surface area contributed by atoms with Crippen LogP contribution in [0.25, 0.3) is 0 Å². The standard InChI is InChI=1S/C14H26O3SSi/c1-4-15-19(16-5-2,17-6-3)13-8-7-10-14-11-9-12-18-14/h9,11-12H,4-8,10,13H2,1-3H3. The van der Waals surface area contributed by atoms with Gasteiger partial charge in [-0.3, -0.25) is 0 Å². The maximum absolute atomic E-state index is 5.84. The van der Waals surface area contributed by atoms with Crippen LogP contribution in [0.5, 0.6) is 0 Å². The van der Waals surface area contributed by atoms with E-state index in [0.29, 0.717) is 19.8 Å². The Morgan fingerprint density at radius 2 is 1.63 bits per heavy atom. The number of hydrogen-bond acceptors (Lipinski definition) is 4. The van der Waals surface area contributed by atoms with Crippen LogP contribution in [0.4, 0.5) is 0 Å². The zero-order valence-electron chi connectivity index (χ0n) is 12.3. The van der Waals surface area contributed by atoms with Crippen LogP contribution in [0.15, 0.2) is 17.5 Å². The fraction of sp³-hybridized carbons (Fsp3) is 0.714. The molecule has 0 unspecified atom stereocenters. The van der Waals surface area contributed by atoms with Crippen LogP contribution >= 0.6 is 11.3 Å². The van der Waals surface area contributed by atoms with Gasteiger partial charge in [0, 0.05) is 30.7 Å². The topological polar surface area (TPSA) is 27.7 Å². The summed E-state index contributed by atoms with van der Waals surface area (Å²) in [5.74, 6) is 0. The van der Waals surface area contributed by atoms with Crippen LogP contribution < -0.4 is 0 Å². The molecule has 0 amide bonds. The highest BCUT2D eigenvalue weighted by atomic mass is 32.1. The number of hydrogen-bond donors (Lipinski definition) is 0. The average Bonchev–Trinajstić information content (AvgIpc) is 2.89. The highest BCUT2D eigenvalue weighted by Crippen LogP contribution is 2.21. The molecule has 0 saturated heterocycles. The van der Waals surface area contributed by atoms with Crippen molar-refractivity contribution < 1.29 is 13.3 Å². The molecule has 1 aromatic rings. The zero-order valence-corrected chi connectivity index (χ0v) is 14.1. The van der Waals surface area contributed by atoms with Gasteiger partial charge in [-0.25, -0.2) is 0 Å². The van der Waals surface area contributed by atoms with Crippen LogP contribution in [-0.4, -0.2) is 28.6 Å². The lowest BCUT2D eigenvalue weighted by molar-refractivity contribution is 0.0707. The minimum Gasteiger partial charge on any atom is -0.374 e. The van der Waals surface area contributed by atoms with Gasteiger partial charge in [0.25, 0.3) is 0 Å². The normalized spacial score (nSPS) is 11.9. The minimum absolute atomic E-state index is 0.664. The SMILES string of the molecule is CCO[Si](CCCCc1cccs1)(OCC)OCC. The van der Waals surface area contributed by atoms with Crippen LogP contribution in [0.2, 0.25) is 6.04 Å². The van der Waals surface area contributed by atoms with E-state index in [1.165, 1.54) is 11.3 Å². The summed E-state index contributed by atoms with van der Waals surface area (Å²) >= 11 is 1.83. The molecule has 0 radical (unpaired) electrons. The lowest BCUT2D eigenvalue weighted by Crippen LogP contribution is -2.45. The Kier molecular flexibility index (Phi) is 8.57. The molecule has 0 saturated carbocycles. The van der Waals surface area contributed by atoms with Gasteiger partial charge < -0.3 is 13.3 Å². The summed E-state index contributed by atoms with van der Waals surface area (Å²) < 4.78 is 17.5. The second-order valence-corrected chi connectivity index (χ2v) is 8.03. The Morgan fingerprint density at radius 1 is 1.00 bits per heavy atom. The molecule has 0 fully saturated rings. The van der Waals surface area contributed by atoms with Crippen molar-refractivity contribution in [3.63, 3.8) is 0 Å². The van der Waals surface area contributed by atoms with Crippen LogP contribution in [0.3, 0.4) is 0 Å². The third kappa shape index (κ3) is 6.18. The van der Waals surface area contributed by atoms with Crippen LogP contribution in [0.1, 0.15) is 38.5 Å². The van der Waals surface area contributed by atoms with Gasteiger partial charge in [-0.05, 0) is 51.5 Å². The number of rotatable bonds is 11. The van der Waals surface area contributed by atoms with Crippen molar-refractivity contribution in [1.29, 1.82) is 0 Å². The van der Waals surface area contributed by atoms with E-state index in [1.807, 2.05) is 32.1 Å². The van der Waals surface area contributed by atoms with Gasteiger partial charge in [0.15, 0.2) is 0 Å². The van der Waals surface area contributed by atoms with Crippen molar-refractivity contribution in [2.75, 3.05) is 19.8 Å². The van der Waals surface area contributed by atoms with E-state index in [2.05, 4.69) is 17.5 Å². The van der Waals surface area contributed by atoms with Crippen molar-refractivity contribution >= 4 is 20.1 Å². The number of unbranched alkanes of at least 4 members (excludes halogenated alkanes) is 1. The Labute approximate surface area is 122 Å². The van der Waals surface area contributed by atoms with E-state index < -0.39 is 8.80 Å². The molecule has 0 aliphatic carbocycles. The zero-order chi connectivity index (χ0) is 14.0. The van der Waals surface area contributed by atoms with Crippen LogP contribution in [-0.2, 0) is 19.7 Å². The number of aryl methyl sites for hydroxylation is 1. The summed E-state index contributed by atoms with van der Waals surface area (Å²) in [5.41, 5.74) is 0. The maximum atomic E-state index is 5.84. The first-order valence-corrected chi connectivity index (χ1v) is 10.0. The summed E-state index contributed by atoms with van der Waals surface area (Å²) in [6.07, 6.45) is 3.42. The second-order valence-electron chi connectivity index (χ2n) is 4.27. The van der Waals surface area contributed by atoms with Gasteiger partial charge in [0.2, 0.25) is 0 Å².